The molecule has 0 aliphatic carbocycles. The van der Waals surface area contributed by atoms with Crippen molar-refractivity contribution in [3.63, 3.8) is 0 Å². The van der Waals surface area contributed by atoms with Crippen LogP contribution in [-0.4, -0.2) is 29.2 Å². The lowest BCUT2D eigenvalue weighted by atomic mass is 9.99. The molecule has 3 aromatic carbocycles. The number of primary amides is 1. The SMILES string of the molecule is CC(C)CC(NCc1ccc(C=NNC(=O)c2ccc(O)c(C#N)c2)c2ccccc12)C(N)=O. The van der Waals surface area contributed by atoms with Gasteiger partial charge in [0.1, 0.15) is 11.8 Å². The van der Waals surface area contributed by atoms with E-state index in [9.17, 15) is 14.7 Å². The molecule has 3 rings (SSSR count). The zero-order chi connectivity index (χ0) is 24.7. The number of amides is 2. The molecule has 0 radical (unpaired) electrons. The first kappa shape index (κ1) is 24.4. The number of hydrogen-bond acceptors (Lipinski definition) is 6. The maximum atomic E-state index is 12.4. The highest BCUT2D eigenvalue weighted by molar-refractivity contribution is 6.02. The number of carbonyl (C=O) groups excluding carboxylic acids is 2. The molecule has 1 atom stereocenters. The fourth-order valence-corrected chi connectivity index (χ4v) is 3.65. The maximum absolute atomic E-state index is 12.4. The Morgan fingerprint density at radius 2 is 1.88 bits per heavy atom. The third-order valence-electron chi connectivity index (χ3n) is 5.39. The molecular formula is C26H27N5O3. The summed E-state index contributed by atoms with van der Waals surface area (Å²) in [6.45, 7) is 4.57. The topological polar surface area (TPSA) is 141 Å². The summed E-state index contributed by atoms with van der Waals surface area (Å²) in [5.74, 6) is -0.716. The maximum Gasteiger partial charge on any atom is 0.271 e. The number of benzene rings is 3. The predicted molar refractivity (Wildman–Crippen MR) is 131 cm³/mol. The zero-order valence-electron chi connectivity index (χ0n) is 19.1. The highest BCUT2D eigenvalue weighted by Gasteiger charge is 2.17. The van der Waals surface area contributed by atoms with Crippen molar-refractivity contribution in [2.45, 2.75) is 32.9 Å². The number of phenols is 1. The van der Waals surface area contributed by atoms with Crippen molar-refractivity contribution in [1.82, 2.24) is 10.7 Å². The number of nitrogens with zero attached hydrogens (tertiary/aromatic N) is 2. The summed E-state index contributed by atoms with van der Waals surface area (Å²) in [5.41, 5.74) is 10.0. The average molecular weight is 458 g/mol. The van der Waals surface area contributed by atoms with Gasteiger partial charge in [0, 0.05) is 17.7 Å². The number of hydrogen-bond donors (Lipinski definition) is 4. The van der Waals surface area contributed by atoms with Gasteiger partial charge in [-0.05, 0) is 46.9 Å². The third kappa shape index (κ3) is 5.97. The van der Waals surface area contributed by atoms with E-state index in [2.05, 4.69) is 15.8 Å². The minimum atomic E-state index is -0.500. The second-order valence-corrected chi connectivity index (χ2v) is 8.37. The highest BCUT2D eigenvalue weighted by Crippen LogP contribution is 2.22. The average Bonchev–Trinajstić information content (AvgIpc) is 2.82. The van der Waals surface area contributed by atoms with Gasteiger partial charge in [0.15, 0.2) is 0 Å². The van der Waals surface area contributed by atoms with E-state index >= 15 is 0 Å². The van der Waals surface area contributed by atoms with E-state index in [0.29, 0.717) is 18.9 Å². The molecule has 0 fully saturated rings. The number of phenolic OH excluding ortho intramolecular Hbond substituents is 1. The minimum Gasteiger partial charge on any atom is -0.507 e. The van der Waals surface area contributed by atoms with Crippen LogP contribution in [0.3, 0.4) is 0 Å². The van der Waals surface area contributed by atoms with E-state index in [-0.39, 0.29) is 22.8 Å². The summed E-state index contributed by atoms with van der Waals surface area (Å²) < 4.78 is 0. The monoisotopic (exact) mass is 457 g/mol. The van der Waals surface area contributed by atoms with Crippen LogP contribution in [0.25, 0.3) is 10.8 Å². The van der Waals surface area contributed by atoms with Gasteiger partial charge in [0.2, 0.25) is 5.91 Å². The smallest absolute Gasteiger partial charge is 0.271 e. The van der Waals surface area contributed by atoms with E-state index in [4.69, 9.17) is 11.0 Å². The molecular weight excluding hydrogens is 430 g/mol. The number of rotatable bonds is 9. The highest BCUT2D eigenvalue weighted by atomic mass is 16.3. The van der Waals surface area contributed by atoms with Crippen molar-refractivity contribution < 1.29 is 14.7 Å². The molecule has 174 valence electrons. The Bertz CT molecular complexity index is 1280. The molecule has 3 aromatic rings. The Morgan fingerprint density at radius 3 is 2.56 bits per heavy atom. The van der Waals surface area contributed by atoms with Gasteiger partial charge in [0.25, 0.3) is 5.91 Å². The fourth-order valence-electron chi connectivity index (χ4n) is 3.65. The van der Waals surface area contributed by atoms with Gasteiger partial charge >= 0.3 is 0 Å². The Kier molecular flexibility index (Phi) is 7.96. The number of nitriles is 1. The molecule has 0 aliphatic heterocycles. The number of carbonyl (C=O) groups is 2. The number of hydrazone groups is 1. The largest absolute Gasteiger partial charge is 0.507 e. The van der Waals surface area contributed by atoms with Gasteiger partial charge in [-0.2, -0.15) is 10.4 Å². The first-order chi connectivity index (χ1) is 16.3. The molecule has 0 spiro atoms. The molecule has 0 saturated heterocycles. The molecule has 0 heterocycles. The van der Waals surface area contributed by atoms with Crippen molar-refractivity contribution in [3.8, 4) is 11.8 Å². The van der Waals surface area contributed by atoms with Gasteiger partial charge in [-0.1, -0.05) is 50.2 Å². The molecule has 2 amide bonds. The van der Waals surface area contributed by atoms with E-state index < -0.39 is 11.9 Å². The predicted octanol–water partition coefficient (Wildman–Crippen LogP) is 3.17. The van der Waals surface area contributed by atoms with Crippen LogP contribution in [-0.2, 0) is 11.3 Å². The van der Waals surface area contributed by atoms with Crippen molar-refractivity contribution in [1.29, 1.82) is 5.26 Å². The van der Waals surface area contributed by atoms with Crippen LogP contribution in [0.1, 0.15) is 47.3 Å². The van der Waals surface area contributed by atoms with E-state index in [1.54, 1.807) is 6.21 Å². The molecule has 0 bridgehead atoms. The summed E-state index contributed by atoms with van der Waals surface area (Å²) in [7, 11) is 0. The Balaban J connectivity index is 1.77. The molecule has 0 saturated carbocycles. The lowest BCUT2D eigenvalue weighted by molar-refractivity contribution is -0.120. The quantitative estimate of drug-likeness (QED) is 0.289. The normalized spacial score (nSPS) is 12.1. The van der Waals surface area contributed by atoms with Gasteiger partial charge in [-0.25, -0.2) is 5.43 Å². The van der Waals surface area contributed by atoms with Gasteiger partial charge in [0.05, 0.1) is 17.8 Å². The van der Waals surface area contributed by atoms with Gasteiger partial charge in [-0.15, -0.1) is 0 Å². The summed E-state index contributed by atoms with van der Waals surface area (Å²) in [6.07, 6.45) is 2.21. The summed E-state index contributed by atoms with van der Waals surface area (Å²) >= 11 is 0. The lowest BCUT2D eigenvalue weighted by Gasteiger charge is -2.18. The first-order valence-electron chi connectivity index (χ1n) is 10.9. The molecule has 0 aliphatic rings. The molecule has 8 heteroatoms. The number of fused-ring (bicyclic) bond motifs is 1. The van der Waals surface area contributed by atoms with Crippen molar-refractivity contribution in [2.24, 2.45) is 16.8 Å². The van der Waals surface area contributed by atoms with Crippen LogP contribution in [0.5, 0.6) is 5.75 Å². The van der Waals surface area contributed by atoms with Crippen LogP contribution in [0.2, 0.25) is 0 Å². The molecule has 34 heavy (non-hydrogen) atoms. The zero-order valence-corrected chi connectivity index (χ0v) is 19.1. The van der Waals surface area contributed by atoms with Crippen molar-refractivity contribution >= 4 is 28.8 Å². The third-order valence-corrected chi connectivity index (χ3v) is 5.39. The summed E-state index contributed by atoms with van der Waals surface area (Å²) in [6, 6.07) is 17.1. The van der Waals surface area contributed by atoms with Crippen LogP contribution in [0.4, 0.5) is 0 Å². The van der Waals surface area contributed by atoms with Crippen LogP contribution < -0.4 is 16.5 Å². The minimum absolute atomic E-state index is 0.0128. The second-order valence-electron chi connectivity index (χ2n) is 8.37. The van der Waals surface area contributed by atoms with Crippen molar-refractivity contribution in [2.75, 3.05) is 0 Å². The number of aromatic hydroxyl groups is 1. The molecule has 1 unspecified atom stereocenters. The second kappa shape index (κ2) is 11.1. The van der Waals surface area contributed by atoms with Gasteiger partial charge < -0.3 is 16.2 Å². The standard InChI is InChI=1S/C26H27N5O3/c1-16(2)11-23(25(28)33)29-14-18-7-8-19(22-6-4-3-5-21(18)22)15-30-31-26(34)17-9-10-24(32)20(12-17)13-27/h3-10,12,15-16,23,29,32H,11,14H2,1-2H3,(H2,28,33)(H,31,34). The fraction of sp³-hybridized carbons (Fsp3) is 0.231. The number of nitrogens with two attached hydrogens (primary N) is 1. The number of nitrogens with one attached hydrogen (secondary N) is 2. The summed E-state index contributed by atoms with van der Waals surface area (Å²) in [5, 5.41) is 27.9. The van der Waals surface area contributed by atoms with Crippen LogP contribution in [0.15, 0.2) is 59.7 Å². The van der Waals surface area contributed by atoms with E-state index in [1.807, 2.05) is 56.3 Å². The lowest BCUT2D eigenvalue weighted by Crippen LogP contribution is -2.41. The van der Waals surface area contributed by atoms with Crippen LogP contribution in [0, 0.1) is 17.2 Å². The molecule has 0 aromatic heterocycles. The van der Waals surface area contributed by atoms with Gasteiger partial charge in [-0.3, -0.25) is 9.59 Å². The molecule has 8 nitrogen and oxygen atoms in total. The van der Waals surface area contributed by atoms with Crippen molar-refractivity contribution in [3.05, 3.63) is 76.9 Å². The van der Waals surface area contributed by atoms with E-state index in [0.717, 1.165) is 21.9 Å². The van der Waals surface area contributed by atoms with Crippen LogP contribution >= 0.6 is 0 Å². The first-order valence-corrected chi connectivity index (χ1v) is 10.9. The summed E-state index contributed by atoms with van der Waals surface area (Å²) in [4.78, 5) is 24.1. The Labute approximate surface area is 198 Å². The van der Waals surface area contributed by atoms with E-state index in [1.165, 1.54) is 18.2 Å². The molecule has 5 N–H and O–H groups in total. The Hall–Kier alpha value is -4.22. The Morgan fingerprint density at radius 1 is 1.15 bits per heavy atom.